The van der Waals surface area contributed by atoms with Gasteiger partial charge < -0.3 is 4.42 Å². The molecular formula is C19H15FN4OS. The van der Waals surface area contributed by atoms with Crippen LogP contribution in [0.2, 0.25) is 0 Å². The van der Waals surface area contributed by atoms with E-state index in [0.29, 0.717) is 18.1 Å². The molecule has 4 rings (SSSR count). The second-order valence-corrected chi connectivity index (χ2v) is 6.55. The Labute approximate surface area is 153 Å². The molecule has 3 aromatic heterocycles. The van der Waals surface area contributed by atoms with Crippen molar-refractivity contribution < 1.29 is 8.81 Å². The minimum Gasteiger partial charge on any atom is -0.467 e. The fourth-order valence-corrected chi connectivity index (χ4v) is 3.44. The Morgan fingerprint density at radius 1 is 1.04 bits per heavy atom. The van der Waals surface area contributed by atoms with Crippen LogP contribution in [0.1, 0.15) is 11.3 Å². The summed E-state index contributed by atoms with van der Waals surface area (Å²) in [7, 11) is 0. The highest BCUT2D eigenvalue weighted by atomic mass is 32.2. The van der Waals surface area contributed by atoms with Gasteiger partial charge in [-0.2, -0.15) is 0 Å². The molecule has 3 heterocycles. The molecule has 0 bridgehead atoms. The Kier molecular flexibility index (Phi) is 4.79. The van der Waals surface area contributed by atoms with Gasteiger partial charge in [0.2, 0.25) is 0 Å². The molecule has 130 valence electrons. The van der Waals surface area contributed by atoms with Crippen LogP contribution in [0, 0.1) is 5.82 Å². The van der Waals surface area contributed by atoms with Crippen molar-refractivity contribution in [3.05, 3.63) is 84.2 Å². The molecule has 0 saturated heterocycles. The lowest BCUT2D eigenvalue weighted by Crippen LogP contribution is -2.04. The van der Waals surface area contributed by atoms with Crippen molar-refractivity contribution in [3.8, 4) is 11.5 Å². The van der Waals surface area contributed by atoms with Crippen LogP contribution in [0.5, 0.6) is 0 Å². The van der Waals surface area contributed by atoms with E-state index in [1.54, 1.807) is 18.5 Å². The van der Waals surface area contributed by atoms with Gasteiger partial charge in [0.25, 0.3) is 0 Å². The Morgan fingerprint density at radius 2 is 2.00 bits per heavy atom. The van der Waals surface area contributed by atoms with Crippen LogP contribution < -0.4 is 0 Å². The van der Waals surface area contributed by atoms with Gasteiger partial charge in [-0.1, -0.05) is 30.0 Å². The lowest BCUT2D eigenvalue weighted by Gasteiger charge is -2.08. The minimum atomic E-state index is -0.241. The Hall–Kier alpha value is -2.93. The Bertz CT molecular complexity index is 986. The van der Waals surface area contributed by atoms with E-state index in [9.17, 15) is 4.39 Å². The molecule has 0 radical (unpaired) electrons. The average Bonchev–Trinajstić information content (AvgIpc) is 3.31. The van der Waals surface area contributed by atoms with E-state index < -0.39 is 0 Å². The molecule has 26 heavy (non-hydrogen) atoms. The van der Waals surface area contributed by atoms with Crippen molar-refractivity contribution >= 4 is 11.8 Å². The predicted octanol–water partition coefficient (Wildman–Crippen LogP) is 4.41. The molecule has 0 amide bonds. The summed E-state index contributed by atoms with van der Waals surface area (Å²) in [5.41, 5.74) is 1.63. The van der Waals surface area contributed by atoms with E-state index in [0.717, 1.165) is 22.2 Å². The lowest BCUT2D eigenvalue weighted by atomic mass is 10.2. The number of rotatable bonds is 6. The predicted molar refractivity (Wildman–Crippen MR) is 97.0 cm³/mol. The van der Waals surface area contributed by atoms with Gasteiger partial charge in [0.05, 0.1) is 12.8 Å². The summed E-state index contributed by atoms with van der Waals surface area (Å²) in [4.78, 5) is 4.37. The summed E-state index contributed by atoms with van der Waals surface area (Å²) in [5.74, 6) is 1.82. The zero-order valence-corrected chi connectivity index (χ0v) is 14.6. The first kappa shape index (κ1) is 16.5. The van der Waals surface area contributed by atoms with Crippen LogP contribution >= 0.6 is 11.8 Å². The van der Waals surface area contributed by atoms with Gasteiger partial charge in [-0.05, 0) is 42.0 Å². The van der Waals surface area contributed by atoms with E-state index in [4.69, 9.17) is 4.42 Å². The maximum Gasteiger partial charge on any atom is 0.192 e. The fourth-order valence-electron chi connectivity index (χ4n) is 2.56. The van der Waals surface area contributed by atoms with Crippen molar-refractivity contribution in [2.45, 2.75) is 17.5 Å². The highest BCUT2D eigenvalue weighted by Gasteiger charge is 2.16. The summed E-state index contributed by atoms with van der Waals surface area (Å²) < 4.78 is 20.8. The van der Waals surface area contributed by atoms with Crippen molar-refractivity contribution in [2.75, 3.05) is 0 Å². The summed E-state index contributed by atoms with van der Waals surface area (Å²) in [5, 5.41) is 9.35. The monoisotopic (exact) mass is 366 g/mol. The van der Waals surface area contributed by atoms with Crippen LogP contribution in [0.3, 0.4) is 0 Å². The van der Waals surface area contributed by atoms with Crippen LogP contribution in [0.15, 0.2) is 76.6 Å². The van der Waals surface area contributed by atoms with Crippen LogP contribution in [0.4, 0.5) is 4.39 Å². The number of furan rings is 1. The number of hydrogen-bond donors (Lipinski definition) is 0. The Balaban J connectivity index is 1.64. The zero-order valence-electron chi connectivity index (χ0n) is 13.7. The SMILES string of the molecule is Fc1cccc(CSc2nnc(-c3ccccn3)n2Cc2ccco2)c1. The second-order valence-electron chi connectivity index (χ2n) is 5.61. The fraction of sp³-hybridized carbons (Fsp3) is 0.105. The highest BCUT2D eigenvalue weighted by molar-refractivity contribution is 7.98. The molecule has 1 aromatic carbocycles. The molecule has 4 aromatic rings. The zero-order chi connectivity index (χ0) is 17.8. The number of hydrogen-bond acceptors (Lipinski definition) is 5. The van der Waals surface area contributed by atoms with E-state index in [2.05, 4.69) is 15.2 Å². The van der Waals surface area contributed by atoms with Gasteiger partial charge >= 0.3 is 0 Å². The second kappa shape index (κ2) is 7.53. The van der Waals surface area contributed by atoms with Crippen LogP contribution in [-0.4, -0.2) is 19.7 Å². The lowest BCUT2D eigenvalue weighted by molar-refractivity contribution is 0.485. The molecule has 0 fully saturated rings. The van der Waals surface area contributed by atoms with Crippen LogP contribution in [-0.2, 0) is 12.3 Å². The summed E-state index contributed by atoms with van der Waals surface area (Å²) in [6.07, 6.45) is 3.36. The van der Waals surface area contributed by atoms with Crippen LogP contribution in [0.25, 0.3) is 11.5 Å². The topological polar surface area (TPSA) is 56.7 Å². The number of nitrogens with zero attached hydrogens (tertiary/aromatic N) is 4. The molecule has 0 aliphatic rings. The van der Waals surface area contributed by atoms with E-state index in [-0.39, 0.29) is 5.82 Å². The van der Waals surface area contributed by atoms with Gasteiger partial charge in [0.15, 0.2) is 11.0 Å². The standard InChI is InChI=1S/C19H15FN4OS/c20-15-6-3-5-14(11-15)13-26-19-23-22-18(17-8-1-2-9-21-17)24(19)12-16-7-4-10-25-16/h1-11H,12-13H2. The Morgan fingerprint density at radius 3 is 2.77 bits per heavy atom. The highest BCUT2D eigenvalue weighted by Crippen LogP contribution is 2.26. The summed E-state index contributed by atoms with van der Waals surface area (Å²) in [6, 6.07) is 16.0. The molecule has 0 unspecified atom stereocenters. The molecule has 7 heteroatoms. The van der Waals surface area contributed by atoms with E-state index >= 15 is 0 Å². The van der Waals surface area contributed by atoms with Gasteiger partial charge in [0.1, 0.15) is 17.3 Å². The van der Waals surface area contributed by atoms with Crippen molar-refractivity contribution in [3.63, 3.8) is 0 Å². The van der Waals surface area contributed by atoms with Gasteiger partial charge in [0, 0.05) is 11.9 Å². The maximum atomic E-state index is 13.4. The number of halogens is 1. The molecule has 0 aliphatic carbocycles. The molecule has 0 atom stereocenters. The largest absolute Gasteiger partial charge is 0.467 e. The molecule has 0 spiro atoms. The first-order valence-electron chi connectivity index (χ1n) is 8.04. The third-order valence-corrected chi connectivity index (χ3v) is 4.80. The first-order chi connectivity index (χ1) is 12.8. The molecule has 5 nitrogen and oxygen atoms in total. The average molecular weight is 366 g/mol. The molecule has 0 saturated carbocycles. The number of pyridine rings is 1. The molecular weight excluding hydrogens is 351 g/mol. The van der Waals surface area contributed by atoms with Crippen molar-refractivity contribution in [2.24, 2.45) is 0 Å². The van der Waals surface area contributed by atoms with E-state index in [1.165, 1.54) is 23.9 Å². The molecule has 0 N–H and O–H groups in total. The summed E-state index contributed by atoms with van der Waals surface area (Å²) >= 11 is 1.50. The van der Waals surface area contributed by atoms with Gasteiger partial charge in [-0.3, -0.25) is 9.55 Å². The third-order valence-electron chi connectivity index (χ3n) is 3.76. The van der Waals surface area contributed by atoms with E-state index in [1.807, 2.05) is 41.0 Å². The number of thioether (sulfide) groups is 1. The maximum absolute atomic E-state index is 13.4. The molecule has 0 aliphatic heterocycles. The van der Waals surface area contributed by atoms with Gasteiger partial charge in [-0.15, -0.1) is 10.2 Å². The number of aromatic nitrogens is 4. The van der Waals surface area contributed by atoms with Crippen molar-refractivity contribution in [1.29, 1.82) is 0 Å². The minimum absolute atomic E-state index is 0.241. The first-order valence-corrected chi connectivity index (χ1v) is 9.02. The van der Waals surface area contributed by atoms with Gasteiger partial charge in [-0.25, -0.2) is 4.39 Å². The normalized spacial score (nSPS) is 11.0. The number of benzene rings is 1. The summed E-state index contributed by atoms with van der Waals surface area (Å²) in [6.45, 7) is 0.497. The van der Waals surface area contributed by atoms with Crippen molar-refractivity contribution in [1.82, 2.24) is 19.7 Å². The quantitative estimate of drug-likeness (QED) is 0.473. The third kappa shape index (κ3) is 3.67. The smallest absolute Gasteiger partial charge is 0.192 e.